The Morgan fingerprint density at radius 2 is 2.00 bits per heavy atom. The van der Waals surface area contributed by atoms with E-state index in [9.17, 15) is 4.79 Å². The molecule has 3 atom stereocenters. The molecular formula is C17H31N2O2+. The van der Waals surface area contributed by atoms with E-state index in [-0.39, 0.29) is 5.91 Å². The number of quaternary nitrogens is 1. The van der Waals surface area contributed by atoms with Crippen LogP contribution < -0.4 is 10.2 Å². The van der Waals surface area contributed by atoms with Crippen LogP contribution in [0.4, 0.5) is 0 Å². The summed E-state index contributed by atoms with van der Waals surface area (Å²) in [4.78, 5) is 13.8. The van der Waals surface area contributed by atoms with E-state index in [2.05, 4.69) is 26.1 Å². The number of fused-ring (bicyclic) bond motifs is 2. The molecule has 2 aliphatic carbocycles. The first-order chi connectivity index (χ1) is 9.93. The molecule has 4 nitrogen and oxygen atoms in total. The summed E-state index contributed by atoms with van der Waals surface area (Å²) >= 11 is 0. The lowest BCUT2D eigenvalue weighted by Crippen LogP contribution is -3.14. The van der Waals surface area contributed by atoms with E-state index in [1.54, 1.807) is 0 Å². The zero-order valence-corrected chi connectivity index (χ0v) is 13.8. The Morgan fingerprint density at radius 1 is 1.29 bits per heavy atom. The maximum absolute atomic E-state index is 12.3. The van der Waals surface area contributed by atoms with E-state index < -0.39 is 0 Å². The molecule has 2 N–H and O–H groups in total. The molecule has 3 rings (SSSR count). The Balaban J connectivity index is 1.49. The van der Waals surface area contributed by atoms with Gasteiger partial charge in [-0.2, -0.15) is 0 Å². The maximum Gasteiger partial charge on any atom is 0.225 e. The zero-order chi connectivity index (χ0) is 15.1. The van der Waals surface area contributed by atoms with E-state index in [1.165, 1.54) is 24.2 Å². The van der Waals surface area contributed by atoms with Gasteiger partial charge >= 0.3 is 0 Å². The summed E-state index contributed by atoms with van der Waals surface area (Å²) in [7, 11) is 0. The molecule has 21 heavy (non-hydrogen) atoms. The summed E-state index contributed by atoms with van der Waals surface area (Å²) in [6.45, 7) is 11.9. The third-order valence-electron chi connectivity index (χ3n) is 7.03. The lowest BCUT2D eigenvalue weighted by atomic mass is 9.69. The van der Waals surface area contributed by atoms with Crippen molar-refractivity contribution >= 4 is 5.91 Å². The van der Waals surface area contributed by atoms with Gasteiger partial charge in [-0.05, 0) is 36.0 Å². The van der Waals surface area contributed by atoms with Crippen molar-refractivity contribution in [3.63, 3.8) is 0 Å². The van der Waals surface area contributed by atoms with Gasteiger partial charge in [-0.1, -0.05) is 20.8 Å². The van der Waals surface area contributed by atoms with Gasteiger partial charge in [0.2, 0.25) is 5.91 Å². The van der Waals surface area contributed by atoms with Crippen LogP contribution in [0.1, 0.15) is 46.5 Å². The molecule has 1 aliphatic heterocycles. The van der Waals surface area contributed by atoms with Gasteiger partial charge in [-0.15, -0.1) is 0 Å². The van der Waals surface area contributed by atoms with E-state index in [0.717, 1.165) is 38.8 Å². The summed E-state index contributed by atoms with van der Waals surface area (Å²) in [5.74, 6) is 1.04. The van der Waals surface area contributed by atoms with Crippen LogP contribution in [0.5, 0.6) is 0 Å². The SMILES string of the molecule is CC1(C)[C@H]2CC[C@]1(C)[C@@H](NC(=O)CC[NH+]1CCOCC1)C2. The quantitative estimate of drug-likeness (QED) is 0.798. The summed E-state index contributed by atoms with van der Waals surface area (Å²) in [5, 5.41) is 3.36. The van der Waals surface area contributed by atoms with Crippen LogP contribution in [0.2, 0.25) is 0 Å². The third kappa shape index (κ3) is 2.61. The normalized spacial score (nSPS) is 38.6. The number of morpholine rings is 1. The highest BCUT2D eigenvalue weighted by Gasteiger charge is 2.61. The molecule has 120 valence electrons. The highest BCUT2D eigenvalue weighted by atomic mass is 16.5. The minimum Gasteiger partial charge on any atom is -0.370 e. The average molecular weight is 295 g/mol. The van der Waals surface area contributed by atoms with Gasteiger partial charge in [0.15, 0.2) is 0 Å². The fraction of sp³-hybridized carbons (Fsp3) is 0.941. The molecule has 1 saturated heterocycles. The second-order valence-corrected chi connectivity index (χ2v) is 8.09. The monoisotopic (exact) mass is 295 g/mol. The van der Waals surface area contributed by atoms with Crippen molar-refractivity contribution in [1.29, 1.82) is 0 Å². The molecule has 4 heteroatoms. The zero-order valence-electron chi connectivity index (χ0n) is 13.8. The van der Waals surface area contributed by atoms with Crippen molar-refractivity contribution in [1.82, 2.24) is 5.32 Å². The van der Waals surface area contributed by atoms with Crippen molar-refractivity contribution in [2.45, 2.75) is 52.5 Å². The van der Waals surface area contributed by atoms with Gasteiger partial charge in [0.05, 0.1) is 26.2 Å². The lowest BCUT2D eigenvalue weighted by molar-refractivity contribution is -0.907. The standard InChI is InChI=1S/C17H30N2O2/c1-16(2)13-4-6-17(16,3)14(12-13)18-15(20)5-7-19-8-10-21-11-9-19/h13-14H,4-12H2,1-3H3,(H,18,20)/p+1/t13-,14-,17+/m0/s1. The van der Waals surface area contributed by atoms with Crippen molar-refractivity contribution in [3.8, 4) is 0 Å². The maximum atomic E-state index is 12.3. The average Bonchev–Trinajstić information content (AvgIpc) is 2.79. The molecule has 0 aromatic carbocycles. The molecule has 0 aromatic heterocycles. The van der Waals surface area contributed by atoms with Gasteiger partial charge in [-0.3, -0.25) is 4.79 Å². The van der Waals surface area contributed by atoms with Crippen molar-refractivity contribution in [2.24, 2.45) is 16.7 Å². The first-order valence-electron chi connectivity index (χ1n) is 8.64. The molecule has 2 saturated carbocycles. The highest BCUT2D eigenvalue weighted by molar-refractivity contribution is 5.76. The second-order valence-electron chi connectivity index (χ2n) is 8.09. The first kappa shape index (κ1) is 15.3. The van der Waals surface area contributed by atoms with Gasteiger partial charge in [-0.25, -0.2) is 0 Å². The van der Waals surface area contributed by atoms with E-state index in [0.29, 0.717) is 23.3 Å². The highest BCUT2D eigenvalue weighted by Crippen LogP contribution is 2.65. The largest absolute Gasteiger partial charge is 0.370 e. The summed E-state index contributed by atoms with van der Waals surface area (Å²) in [5.41, 5.74) is 0.666. The molecular weight excluding hydrogens is 264 g/mol. The minimum absolute atomic E-state index is 0.253. The van der Waals surface area contributed by atoms with E-state index in [1.807, 2.05) is 0 Å². The van der Waals surface area contributed by atoms with Crippen molar-refractivity contribution in [3.05, 3.63) is 0 Å². The Morgan fingerprint density at radius 3 is 2.57 bits per heavy atom. The van der Waals surface area contributed by atoms with Crippen LogP contribution in [-0.2, 0) is 9.53 Å². The Labute approximate surface area is 128 Å². The predicted octanol–water partition coefficient (Wildman–Crippen LogP) is 0.623. The van der Waals surface area contributed by atoms with Gasteiger partial charge in [0.25, 0.3) is 0 Å². The fourth-order valence-electron chi connectivity index (χ4n) is 4.89. The molecule has 1 heterocycles. The number of hydrogen-bond donors (Lipinski definition) is 2. The predicted molar refractivity (Wildman–Crippen MR) is 82.2 cm³/mol. The van der Waals surface area contributed by atoms with E-state index >= 15 is 0 Å². The number of carbonyl (C=O) groups excluding carboxylic acids is 1. The molecule has 0 unspecified atom stereocenters. The first-order valence-corrected chi connectivity index (χ1v) is 8.64. The van der Waals surface area contributed by atoms with Crippen molar-refractivity contribution in [2.75, 3.05) is 32.8 Å². The van der Waals surface area contributed by atoms with Gasteiger partial charge < -0.3 is 15.0 Å². The number of nitrogens with one attached hydrogen (secondary N) is 2. The molecule has 2 bridgehead atoms. The lowest BCUT2D eigenvalue weighted by Gasteiger charge is -2.39. The summed E-state index contributed by atoms with van der Waals surface area (Å²) < 4.78 is 5.36. The number of amides is 1. The van der Waals surface area contributed by atoms with Crippen LogP contribution in [-0.4, -0.2) is 44.8 Å². The molecule has 0 spiro atoms. The van der Waals surface area contributed by atoms with Gasteiger partial charge in [0.1, 0.15) is 13.1 Å². The minimum atomic E-state index is 0.253. The Kier molecular flexibility index (Phi) is 4.04. The smallest absolute Gasteiger partial charge is 0.225 e. The molecule has 3 fully saturated rings. The van der Waals surface area contributed by atoms with Crippen LogP contribution in [0.3, 0.4) is 0 Å². The number of carbonyl (C=O) groups is 1. The molecule has 0 radical (unpaired) electrons. The second kappa shape index (κ2) is 5.54. The third-order valence-corrected chi connectivity index (χ3v) is 7.03. The molecule has 1 amide bonds. The summed E-state index contributed by atoms with van der Waals surface area (Å²) in [6, 6.07) is 0.387. The van der Waals surface area contributed by atoms with Crippen LogP contribution >= 0.6 is 0 Å². The number of hydrogen-bond acceptors (Lipinski definition) is 2. The Hall–Kier alpha value is -0.610. The Bertz CT molecular complexity index is 404. The fourth-order valence-corrected chi connectivity index (χ4v) is 4.89. The summed E-state index contributed by atoms with van der Waals surface area (Å²) in [6.07, 6.45) is 4.45. The van der Waals surface area contributed by atoms with Gasteiger partial charge in [0, 0.05) is 6.04 Å². The number of rotatable bonds is 4. The van der Waals surface area contributed by atoms with Crippen molar-refractivity contribution < 1.29 is 14.4 Å². The van der Waals surface area contributed by atoms with Crippen LogP contribution in [0.15, 0.2) is 0 Å². The molecule has 0 aromatic rings. The van der Waals surface area contributed by atoms with Crippen LogP contribution in [0, 0.1) is 16.7 Å². The molecule has 3 aliphatic rings. The number of ether oxygens (including phenoxy) is 1. The topological polar surface area (TPSA) is 42.8 Å². The van der Waals surface area contributed by atoms with E-state index in [4.69, 9.17) is 4.74 Å². The van der Waals surface area contributed by atoms with Crippen LogP contribution in [0.25, 0.3) is 0 Å².